The highest BCUT2D eigenvalue weighted by molar-refractivity contribution is 5.88. The van der Waals surface area contributed by atoms with Gasteiger partial charge in [-0.15, -0.1) is 0 Å². The summed E-state index contributed by atoms with van der Waals surface area (Å²) in [5.41, 5.74) is 4.22. The Kier molecular flexibility index (Phi) is 4.35. The fraction of sp³-hybridized carbons (Fsp3) is 0.211. The molecule has 0 aliphatic carbocycles. The van der Waals surface area contributed by atoms with Gasteiger partial charge in [0, 0.05) is 41.0 Å². The second-order valence-electron chi connectivity index (χ2n) is 6.12. The zero-order valence-electron chi connectivity index (χ0n) is 14.2. The number of aromatic amines is 2. The molecule has 0 amide bonds. The third-order valence-electron chi connectivity index (χ3n) is 4.32. The number of fused-ring (bicyclic) bond motifs is 1. The molecule has 1 aromatic carbocycles. The summed E-state index contributed by atoms with van der Waals surface area (Å²) in [4.78, 5) is 16.8. The molecule has 0 spiro atoms. The molecular weight excluding hydrogens is 321 g/mol. The summed E-state index contributed by atoms with van der Waals surface area (Å²) in [6.45, 7) is 8.36. The van der Waals surface area contributed by atoms with Gasteiger partial charge < -0.3 is 15.4 Å². The van der Waals surface area contributed by atoms with Crippen molar-refractivity contribution in [3.05, 3.63) is 69.4 Å². The normalized spacial score (nSPS) is 11.0. The van der Waals surface area contributed by atoms with E-state index >= 15 is 0 Å². The maximum atomic E-state index is 14.0. The second kappa shape index (κ2) is 6.47. The molecule has 5 nitrogen and oxygen atoms in total. The van der Waals surface area contributed by atoms with E-state index < -0.39 is 5.56 Å². The van der Waals surface area contributed by atoms with Crippen LogP contribution in [0.1, 0.15) is 22.4 Å². The van der Waals surface area contributed by atoms with Gasteiger partial charge in [-0.05, 0) is 37.5 Å². The number of aromatic nitrogens is 2. The van der Waals surface area contributed by atoms with Gasteiger partial charge in [0.25, 0.3) is 5.56 Å². The Balaban J connectivity index is 1.77. The predicted octanol–water partition coefficient (Wildman–Crippen LogP) is 3.12. The lowest BCUT2D eigenvalue weighted by atomic mass is 10.0. The van der Waals surface area contributed by atoms with E-state index in [0.29, 0.717) is 29.7 Å². The van der Waals surface area contributed by atoms with E-state index in [9.17, 15) is 14.3 Å². The van der Waals surface area contributed by atoms with Crippen LogP contribution in [0.2, 0.25) is 0 Å². The van der Waals surface area contributed by atoms with Gasteiger partial charge in [-0.2, -0.15) is 0 Å². The van der Waals surface area contributed by atoms with E-state index in [1.165, 1.54) is 18.2 Å². The number of hydrogen-bond acceptors (Lipinski definition) is 3. The number of hydrogen-bond donors (Lipinski definition) is 4. The first kappa shape index (κ1) is 16.8. The van der Waals surface area contributed by atoms with Crippen molar-refractivity contribution in [2.75, 3.05) is 6.54 Å². The second-order valence-corrected chi connectivity index (χ2v) is 6.12. The highest BCUT2D eigenvalue weighted by Gasteiger charge is 2.13. The van der Waals surface area contributed by atoms with Crippen molar-refractivity contribution < 1.29 is 9.50 Å². The topological polar surface area (TPSA) is 80.9 Å². The largest absolute Gasteiger partial charge is 0.494 e. The standard InChI is InChI=1S/C19H20FN3O2/c1-10-4-5-15(20)19-18(10)14(12(3)22-19)6-7-21-11(2)13-8-16(24)23-17(25)9-13/h4-5,8-9,21-22H,2,6-7H2,1,3H3,(H2,23,24,25). The van der Waals surface area contributed by atoms with Gasteiger partial charge in [-0.1, -0.05) is 12.6 Å². The van der Waals surface area contributed by atoms with Crippen LogP contribution in [0.15, 0.2) is 35.6 Å². The molecule has 3 aromatic rings. The third kappa shape index (κ3) is 3.28. The van der Waals surface area contributed by atoms with Crippen molar-refractivity contribution in [3.63, 3.8) is 0 Å². The van der Waals surface area contributed by atoms with Gasteiger partial charge >= 0.3 is 0 Å². The zero-order valence-corrected chi connectivity index (χ0v) is 14.2. The first-order valence-corrected chi connectivity index (χ1v) is 7.99. The minimum atomic E-state index is -0.392. The number of pyridine rings is 1. The zero-order chi connectivity index (χ0) is 18.1. The van der Waals surface area contributed by atoms with Crippen molar-refractivity contribution >= 4 is 16.6 Å². The molecule has 2 heterocycles. The third-order valence-corrected chi connectivity index (χ3v) is 4.32. The SMILES string of the molecule is C=C(NCCc1c(C)[nH]c2c(F)ccc(C)c12)c1cc(O)[nH]c(=O)c1. The van der Waals surface area contributed by atoms with Crippen molar-refractivity contribution in [1.29, 1.82) is 0 Å². The Labute approximate surface area is 144 Å². The summed E-state index contributed by atoms with van der Waals surface area (Å²) in [7, 11) is 0. The number of aromatic hydroxyl groups is 1. The molecule has 4 N–H and O–H groups in total. The fourth-order valence-corrected chi connectivity index (χ4v) is 3.10. The Morgan fingerprint density at radius 3 is 2.76 bits per heavy atom. The highest BCUT2D eigenvalue weighted by Crippen LogP contribution is 2.28. The molecule has 0 unspecified atom stereocenters. The van der Waals surface area contributed by atoms with E-state index in [1.807, 2.05) is 13.8 Å². The molecule has 2 aromatic heterocycles. The minimum Gasteiger partial charge on any atom is -0.494 e. The summed E-state index contributed by atoms with van der Waals surface area (Å²) < 4.78 is 14.0. The number of halogens is 1. The maximum absolute atomic E-state index is 14.0. The lowest BCUT2D eigenvalue weighted by Crippen LogP contribution is -2.17. The Morgan fingerprint density at radius 2 is 2.04 bits per heavy atom. The van der Waals surface area contributed by atoms with Gasteiger partial charge in [0.15, 0.2) is 5.88 Å². The minimum absolute atomic E-state index is 0.205. The van der Waals surface area contributed by atoms with Crippen molar-refractivity contribution in [1.82, 2.24) is 15.3 Å². The molecule has 0 saturated heterocycles. The summed E-state index contributed by atoms with van der Waals surface area (Å²) in [6, 6.07) is 6.05. The molecule has 0 fully saturated rings. The Morgan fingerprint density at radius 1 is 1.28 bits per heavy atom. The monoisotopic (exact) mass is 341 g/mol. The Hall–Kier alpha value is -3.02. The first-order chi connectivity index (χ1) is 11.9. The number of nitrogens with one attached hydrogen (secondary N) is 3. The maximum Gasteiger partial charge on any atom is 0.251 e. The van der Waals surface area contributed by atoms with E-state index in [2.05, 4.69) is 21.9 Å². The Bertz CT molecular complexity index is 1020. The van der Waals surface area contributed by atoms with Crippen LogP contribution in [-0.2, 0) is 6.42 Å². The van der Waals surface area contributed by atoms with Crippen LogP contribution in [-0.4, -0.2) is 21.6 Å². The molecule has 3 rings (SSSR count). The smallest absolute Gasteiger partial charge is 0.251 e. The molecule has 0 atom stereocenters. The molecular formula is C19H20FN3O2. The average molecular weight is 341 g/mol. The molecule has 0 aliphatic rings. The fourth-order valence-electron chi connectivity index (χ4n) is 3.10. The van der Waals surface area contributed by atoms with Crippen LogP contribution in [0.3, 0.4) is 0 Å². The quantitative estimate of drug-likeness (QED) is 0.576. The summed E-state index contributed by atoms with van der Waals surface area (Å²) in [5, 5.41) is 13.5. The van der Waals surface area contributed by atoms with Crippen molar-refractivity contribution in [3.8, 4) is 5.88 Å². The van der Waals surface area contributed by atoms with Gasteiger partial charge in [-0.25, -0.2) is 4.39 Å². The first-order valence-electron chi connectivity index (χ1n) is 7.99. The predicted molar refractivity (Wildman–Crippen MR) is 97.2 cm³/mol. The lowest BCUT2D eigenvalue weighted by molar-refractivity contribution is 0.451. The summed E-state index contributed by atoms with van der Waals surface area (Å²) >= 11 is 0. The van der Waals surface area contributed by atoms with E-state index in [1.54, 1.807) is 6.07 Å². The van der Waals surface area contributed by atoms with Crippen LogP contribution < -0.4 is 10.9 Å². The highest BCUT2D eigenvalue weighted by atomic mass is 19.1. The molecule has 0 bridgehead atoms. The molecule has 25 heavy (non-hydrogen) atoms. The molecule has 0 aliphatic heterocycles. The van der Waals surface area contributed by atoms with E-state index in [-0.39, 0.29) is 11.7 Å². The molecule has 130 valence electrons. The number of H-pyrrole nitrogens is 2. The van der Waals surface area contributed by atoms with Crippen LogP contribution >= 0.6 is 0 Å². The van der Waals surface area contributed by atoms with Crippen molar-refractivity contribution in [2.45, 2.75) is 20.3 Å². The summed E-state index contributed by atoms with van der Waals surface area (Å²) in [5.74, 6) is -0.463. The molecule has 0 saturated carbocycles. The van der Waals surface area contributed by atoms with Gasteiger partial charge in [-0.3, -0.25) is 9.78 Å². The van der Waals surface area contributed by atoms with Crippen molar-refractivity contribution in [2.24, 2.45) is 0 Å². The van der Waals surface area contributed by atoms with Gasteiger partial charge in [0.2, 0.25) is 0 Å². The van der Waals surface area contributed by atoms with Crippen LogP contribution in [0, 0.1) is 19.7 Å². The van der Waals surface area contributed by atoms with E-state index in [0.717, 1.165) is 22.2 Å². The molecule has 0 radical (unpaired) electrons. The van der Waals surface area contributed by atoms with Gasteiger partial charge in [0.05, 0.1) is 5.52 Å². The summed E-state index contributed by atoms with van der Waals surface area (Å²) in [6.07, 6.45) is 0.671. The van der Waals surface area contributed by atoms with Crippen LogP contribution in [0.25, 0.3) is 16.6 Å². The van der Waals surface area contributed by atoms with Gasteiger partial charge in [0.1, 0.15) is 5.82 Å². The number of benzene rings is 1. The molecule has 6 heteroatoms. The average Bonchev–Trinajstić information content (AvgIpc) is 2.88. The number of rotatable bonds is 5. The number of aryl methyl sites for hydroxylation is 2. The lowest BCUT2D eigenvalue weighted by Gasteiger charge is -2.10. The van der Waals surface area contributed by atoms with E-state index in [4.69, 9.17) is 0 Å². The van der Waals surface area contributed by atoms with Crippen LogP contribution in [0.4, 0.5) is 4.39 Å². The van der Waals surface area contributed by atoms with Crippen LogP contribution in [0.5, 0.6) is 5.88 Å².